The molecule has 2 aromatic rings. The van der Waals surface area contributed by atoms with Gasteiger partial charge in [-0.25, -0.2) is 0 Å². The van der Waals surface area contributed by atoms with Crippen LogP contribution in [-0.2, 0) is 4.79 Å². The zero-order chi connectivity index (χ0) is 19.4. The van der Waals surface area contributed by atoms with Crippen molar-refractivity contribution in [2.45, 2.75) is 39.8 Å². The number of rotatable bonds is 5. The van der Waals surface area contributed by atoms with Gasteiger partial charge in [-0.2, -0.15) is 0 Å². The molecule has 0 aliphatic carbocycles. The summed E-state index contributed by atoms with van der Waals surface area (Å²) < 4.78 is 0. The summed E-state index contributed by atoms with van der Waals surface area (Å²) in [4.78, 5) is 17.4. The molecule has 0 radical (unpaired) electrons. The van der Waals surface area contributed by atoms with Crippen molar-refractivity contribution in [1.82, 2.24) is 10.2 Å². The zero-order valence-electron chi connectivity index (χ0n) is 16.9. The predicted molar refractivity (Wildman–Crippen MR) is 112 cm³/mol. The summed E-state index contributed by atoms with van der Waals surface area (Å²) in [5.41, 5.74) is 5.15. The fraction of sp³-hybridized carbons (Fsp3) is 0.435. The number of benzene rings is 2. The fourth-order valence-corrected chi connectivity index (χ4v) is 3.75. The summed E-state index contributed by atoms with van der Waals surface area (Å²) >= 11 is 0. The van der Waals surface area contributed by atoms with Crippen LogP contribution in [0.3, 0.4) is 0 Å². The summed E-state index contributed by atoms with van der Waals surface area (Å²) in [6, 6.07) is 16.5. The van der Waals surface area contributed by atoms with Crippen LogP contribution in [0.15, 0.2) is 48.5 Å². The monoisotopic (exact) mass is 365 g/mol. The van der Waals surface area contributed by atoms with E-state index in [4.69, 9.17) is 0 Å². The Labute approximate surface area is 163 Å². The highest BCUT2D eigenvalue weighted by Gasteiger charge is 2.27. The molecule has 2 atom stereocenters. The van der Waals surface area contributed by atoms with Gasteiger partial charge in [0.25, 0.3) is 0 Å². The van der Waals surface area contributed by atoms with E-state index >= 15 is 0 Å². The summed E-state index contributed by atoms with van der Waals surface area (Å²) in [5, 5.41) is 3.16. The smallest absolute Gasteiger partial charge is 0.237 e. The quantitative estimate of drug-likeness (QED) is 0.878. The minimum absolute atomic E-state index is 0.0254. The van der Waals surface area contributed by atoms with E-state index in [1.807, 2.05) is 32.0 Å². The molecule has 1 fully saturated rings. The molecule has 0 aromatic heterocycles. The van der Waals surface area contributed by atoms with Crippen molar-refractivity contribution in [2.75, 3.05) is 31.1 Å². The van der Waals surface area contributed by atoms with Gasteiger partial charge in [0, 0.05) is 31.9 Å². The van der Waals surface area contributed by atoms with Crippen molar-refractivity contribution in [2.24, 2.45) is 0 Å². The molecule has 1 amide bonds. The molecule has 0 spiro atoms. The van der Waals surface area contributed by atoms with E-state index in [-0.39, 0.29) is 18.0 Å². The van der Waals surface area contributed by atoms with E-state index in [2.05, 4.69) is 59.3 Å². The third-order valence-corrected chi connectivity index (χ3v) is 5.82. The second kappa shape index (κ2) is 8.57. The third-order valence-electron chi connectivity index (χ3n) is 5.82. The van der Waals surface area contributed by atoms with Gasteiger partial charge >= 0.3 is 0 Å². The molecule has 27 heavy (non-hydrogen) atoms. The Kier molecular flexibility index (Phi) is 6.17. The van der Waals surface area contributed by atoms with Gasteiger partial charge in [0.05, 0.1) is 12.1 Å². The van der Waals surface area contributed by atoms with E-state index in [9.17, 15) is 4.79 Å². The topological polar surface area (TPSA) is 35.6 Å². The number of amides is 1. The standard InChI is InChI=1S/C23H31N3O/c1-17-9-8-12-22(18(17)2)26-15-13-25(14-16-26)20(4)23(27)24-19(3)21-10-6-5-7-11-21/h5-12,19-20H,13-16H2,1-4H3,(H,24,27)/t19-,20-/m1/s1. The minimum Gasteiger partial charge on any atom is -0.369 e. The number of carbonyl (C=O) groups excluding carboxylic acids is 1. The first-order valence-electron chi connectivity index (χ1n) is 9.88. The highest BCUT2D eigenvalue weighted by molar-refractivity contribution is 5.81. The van der Waals surface area contributed by atoms with Crippen molar-refractivity contribution in [1.29, 1.82) is 0 Å². The third kappa shape index (κ3) is 4.51. The normalized spacial score (nSPS) is 17.4. The van der Waals surface area contributed by atoms with Crippen LogP contribution in [0.4, 0.5) is 5.69 Å². The van der Waals surface area contributed by atoms with Crippen LogP contribution in [0.1, 0.15) is 36.6 Å². The maximum absolute atomic E-state index is 12.7. The van der Waals surface area contributed by atoms with Crippen LogP contribution in [-0.4, -0.2) is 43.0 Å². The number of hydrogen-bond acceptors (Lipinski definition) is 3. The van der Waals surface area contributed by atoms with E-state index in [0.717, 1.165) is 31.7 Å². The van der Waals surface area contributed by atoms with Crippen molar-refractivity contribution in [3.63, 3.8) is 0 Å². The van der Waals surface area contributed by atoms with Gasteiger partial charge in [-0.3, -0.25) is 9.69 Å². The first-order chi connectivity index (χ1) is 13.0. The molecular weight excluding hydrogens is 334 g/mol. The Morgan fingerprint density at radius 3 is 2.26 bits per heavy atom. The average molecular weight is 366 g/mol. The molecule has 0 bridgehead atoms. The summed E-state index contributed by atoms with van der Waals surface area (Å²) in [5.74, 6) is 0.103. The van der Waals surface area contributed by atoms with Crippen molar-refractivity contribution in [3.05, 3.63) is 65.2 Å². The second-order valence-corrected chi connectivity index (χ2v) is 7.56. The molecule has 0 unspecified atom stereocenters. The van der Waals surface area contributed by atoms with Gasteiger partial charge in [0.2, 0.25) is 5.91 Å². The SMILES string of the molecule is Cc1cccc(N2CCN([C@H](C)C(=O)N[C@H](C)c3ccccc3)CC2)c1C. The van der Waals surface area contributed by atoms with Crippen LogP contribution in [0.5, 0.6) is 0 Å². The minimum atomic E-state index is -0.114. The van der Waals surface area contributed by atoms with Crippen LogP contribution >= 0.6 is 0 Å². The average Bonchev–Trinajstić information content (AvgIpc) is 2.70. The summed E-state index contributed by atoms with van der Waals surface area (Å²) in [6.07, 6.45) is 0. The van der Waals surface area contributed by atoms with E-state index < -0.39 is 0 Å². The molecule has 1 aliphatic heterocycles. The number of carbonyl (C=O) groups is 1. The highest BCUT2D eigenvalue weighted by Crippen LogP contribution is 2.24. The molecule has 0 saturated carbocycles. The number of nitrogens with zero attached hydrogens (tertiary/aromatic N) is 2. The summed E-state index contributed by atoms with van der Waals surface area (Å²) in [6.45, 7) is 12.1. The molecule has 1 heterocycles. The molecule has 4 nitrogen and oxygen atoms in total. The lowest BCUT2D eigenvalue weighted by Gasteiger charge is -2.39. The van der Waals surface area contributed by atoms with Gasteiger partial charge < -0.3 is 10.2 Å². The highest BCUT2D eigenvalue weighted by atomic mass is 16.2. The van der Waals surface area contributed by atoms with Crippen molar-refractivity contribution in [3.8, 4) is 0 Å². The first kappa shape index (κ1) is 19.4. The molecular formula is C23H31N3O. The molecule has 3 rings (SSSR count). The molecule has 1 aliphatic rings. The first-order valence-corrected chi connectivity index (χ1v) is 9.88. The lowest BCUT2D eigenvalue weighted by atomic mass is 10.1. The second-order valence-electron chi connectivity index (χ2n) is 7.56. The van der Waals surface area contributed by atoms with Crippen LogP contribution in [0.2, 0.25) is 0 Å². The van der Waals surface area contributed by atoms with Crippen molar-refractivity contribution < 1.29 is 4.79 Å². The lowest BCUT2D eigenvalue weighted by Crippen LogP contribution is -2.54. The van der Waals surface area contributed by atoms with Gasteiger partial charge in [0.15, 0.2) is 0 Å². The fourth-order valence-electron chi connectivity index (χ4n) is 3.75. The van der Waals surface area contributed by atoms with E-state index in [0.29, 0.717) is 0 Å². The van der Waals surface area contributed by atoms with Crippen LogP contribution in [0, 0.1) is 13.8 Å². The van der Waals surface area contributed by atoms with E-state index in [1.54, 1.807) is 0 Å². The maximum atomic E-state index is 12.7. The number of anilines is 1. The largest absolute Gasteiger partial charge is 0.369 e. The Morgan fingerprint density at radius 2 is 1.59 bits per heavy atom. The maximum Gasteiger partial charge on any atom is 0.237 e. The molecule has 1 saturated heterocycles. The predicted octanol–water partition coefficient (Wildman–Crippen LogP) is 3.69. The molecule has 2 aromatic carbocycles. The number of nitrogens with one attached hydrogen (secondary N) is 1. The molecule has 144 valence electrons. The molecule has 4 heteroatoms. The van der Waals surface area contributed by atoms with E-state index in [1.165, 1.54) is 16.8 Å². The molecule has 1 N–H and O–H groups in total. The van der Waals surface area contributed by atoms with Crippen LogP contribution in [0.25, 0.3) is 0 Å². The Hall–Kier alpha value is -2.33. The van der Waals surface area contributed by atoms with Crippen molar-refractivity contribution >= 4 is 11.6 Å². The Bertz CT molecular complexity index is 766. The van der Waals surface area contributed by atoms with Gasteiger partial charge in [-0.15, -0.1) is 0 Å². The Morgan fingerprint density at radius 1 is 0.926 bits per heavy atom. The number of piperazine rings is 1. The van der Waals surface area contributed by atoms with Gasteiger partial charge in [-0.1, -0.05) is 42.5 Å². The zero-order valence-corrected chi connectivity index (χ0v) is 16.9. The van der Waals surface area contributed by atoms with Gasteiger partial charge in [0.1, 0.15) is 0 Å². The number of aryl methyl sites for hydroxylation is 1. The number of hydrogen-bond donors (Lipinski definition) is 1. The van der Waals surface area contributed by atoms with Gasteiger partial charge in [-0.05, 0) is 50.5 Å². The lowest BCUT2D eigenvalue weighted by molar-refractivity contribution is -0.126. The Balaban J connectivity index is 1.55. The van der Waals surface area contributed by atoms with Crippen LogP contribution < -0.4 is 10.2 Å². The summed E-state index contributed by atoms with van der Waals surface area (Å²) in [7, 11) is 0.